The first-order valence-corrected chi connectivity index (χ1v) is 8.48. The molecule has 2 unspecified atom stereocenters. The van der Waals surface area contributed by atoms with Crippen molar-refractivity contribution in [2.24, 2.45) is 11.8 Å². The first-order chi connectivity index (χ1) is 11.8. The number of rotatable bonds is 3. The molecule has 2 amide bonds. The zero-order chi connectivity index (χ0) is 18.2. The molecule has 136 valence electrons. The van der Waals surface area contributed by atoms with Gasteiger partial charge in [0.2, 0.25) is 11.8 Å². The molecule has 1 heterocycles. The van der Waals surface area contributed by atoms with Gasteiger partial charge < -0.3 is 10.2 Å². The second kappa shape index (κ2) is 6.69. The van der Waals surface area contributed by atoms with Gasteiger partial charge in [-0.3, -0.25) is 9.59 Å². The number of benzene rings is 1. The van der Waals surface area contributed by atoms with Gasteiger partial charge >= 0.3 is 6.18 Å². The van der Waals surface area contributed by atoms with Crippen LogP contribution in [0, 0.1) is 11.8 Å². The maximum atomic E-state index is 12.6. The summed E-state index contributed by atoms with van der Waals surface area (Å²) in [7, 11) is 1.61. The molecule has 4 nitrogen and oxygen atoms in total. The van der Waals surface area contributed by atoms with E-state index in [-0.39, 0.29) is 29.6 Å². The maximum Gasteiger partial charge on any atom is 0.416 e. The van der Waals surface area contributed by atoms with Crippen molar-refractivity contribution in [1.29, 1.82) is 0 Å². The van der Waals surface area contributed by atoms with Crippen molar-refractivity contribution in [3.8, 4) is 0 Å². The molecule has 0 spiro atoms. The largest absolute Gasteiger partial charge is 0.416 e. The molecule has 1 aromatic rings. The van der Waals surface area contributed by atoms with Gasteiger partial charge in [0.15, 0.2) is 0 Å². The van der Waals surface area contributed by atoms with E-state index in [9.17, 15) is 22.8 Å². The highest BCUT2D eigenvalue weighted by Gasteiger charge is 2.46. The Hall–Kier alpha value is -2.05. The van der Waals surface area contributed by atoms with Crippen LogP contribution in [0.1, 0.15) is 36.3 Å². The summed E-state index contributed by atoms with van der Waals surface area (Å²) >= 11 is 0. The first kappa shape index (κ1) is 17.8. The Morgan fingerprint density at radius 1 is 1.12 bits per heavy atom. The number of hydrogen-bond donors (Lipinski definition) is 1. The highest BCUT2D eigenvalue weighted by molar-refractivity contribution is 5.84. The van der Waals surface area contributed by atoms with Gasteiger partial charge in [0.05, 0.1) is 5.56 Å². The molecular formula is C18H21F3N2O2. The number of alkyl halides is 3. The van der Waals surface area contributed by atoms with Crippen LogP contribution >= 0.6 is 0 Å². The third kappa shape index (κ3) is 3.80. The summed E-state index contributed by atoms with van der Waals surface area (Å²) in [6.07, 6.45) is -2.35. The van der Waals surface area contributed by atoms with Gasteiger partial charge in [-0.25, -0.2) is 0 Å². The maximum absolute atomic E-state index is 12.6. The minimum atomic E-state index is -4.34. The average Bonchev–Trinajstić information content (AvgIpc) is 3.40. The Balaban J connectivity index is 1.55. The molecule has 25 heavy (non-hydrogen) atoms. The van der Waals surface area contributed by atoms with Crippen LogP contribution < -0.4 is 5.32 Å². The monoisotopic (exact) mass is 354 g/mol. The van der Waals surface area contributed by atoms with E-state index in [1.165, 1.54) is 12.1 Å². The Bertz CT molecular complexity index is 649. The molecule has 1 saturated heterocycles. The summed E-state index contributed by atoms with van der Waals surface area (Å²) in [6, 6.07) is 5.09. The number of carbonyl (C=O) groups is 2. The average molecular weight is 354 g/mol. The number of likely N-dealkylation sites (tertiary alicyclic amines) is 1. The number of halogens is 3. The van der Waals surface area contributed by atoms with Crippen LogP contribution in [0.3, 0.4) is 0 Å². The van der Waals surface area contributed by atoms with E-state index in [1.54, 1.807) is 11.9 Å². The van der Waals surface area contributed by atoms with E-state index in [4.69, 9.17) is 0 Å². The Morgan fingerprint density at radius 3 is 2.24 bits per heavy atom. The van der Waals surface area contributed by atoms with Crippen LogP contribution in [0.2, 0.25) is 0 Å². The number of carbonyl (C=O) groups excluding carboxylic acids is 2. The van der Waals surface area contributed by atoms with Crippen molar-refractivity contribution in [2.45, 2.75) is 31.4 Å². The molecule has 1 aromatic carbocycles. The molecule has 3 rings (SSSR count). The number of hydrogen-bond acceptors (Lipinski definition) is 2. The van der Waals surface area contributed by atoms with Crippen LogP contribution in [0.15, 0.2) is 24.3 Å². The number of amides is 2. The molecule has 0 radical (unpaired) electrons. The summed E-state index contributed by atoms with van der Waals surface area (Å²) in [4.78, 5) is 26.0. The molecule has 1 aliphatic heterocycles. The molecule has 7 heteroatoms. The van der Waals surface area contributed by atoms with E-state index in [0.717, 1.165) is 17.7 Å². The van der Waals surface area contributed by atoms with Crippen LogP contribution in [0.4, 0.5) is 13.2 Å². The summed E-state index contributed by atoms with van der Waals surface area (Å²) in [5.41, 5.74) is 0.114. The van der Waals surface area contributed by atoms with E-state index >= 15 is 0 Å². The first-order valence-electron chi connectivity index (χ1n) is 8.48. The predicted molar refractivity (Wildman–Crippen MR) is 85.7 cm³/mol. The summed E-state index contributed by atoms with van der Waals surface area (Å²) in [5.74, 6) is -0.111. The zero-order valence-electron chi connectivity index (χ0n) is 14.0. The van der Waals surface area contributed by atoms with E-state index in [2.05, 4.69) is 5.32 Å². The molecule has 1 saturated carbocycles. The number of nitrogens with zero attached hydrogens (tertiary/aromatic N) is 1. The van der Waals surface area contributed by atoms with Crippen molar-refractivity contribution in [3.63, 3.8) is 0 Å². The van der Waals surface area contributed by atoms with Crippen molar-refractivity contribution in [1.82, 2.24) is 10.2 Å². The van der Waals surface area contributed by atoms with Crippen molar-refractivity contribution >= 4 is 11.8 Å². The summed E-state index contributed by atoms with van der Waals surface area (Å²) in [5, 5.41) is 2.64. The SMILES string of the molecule is CNC(=O)C1CCN(C(=O)C2CC2c2ccc(C(F)(F)F)cc2)CC1. The minimum Gasteiger partial charge on any atom is -0.359 e. The van der Waals surface area contributed by atoms with Crippen molar-refractivity contribution < 1.29 is 22.8 Å². The van der Waals surface area contributed by atoms with Gasteiger partial charge in [-0.05, 0) is 42.9 Å². The fourth-order valence-corrected chi connectivity index (χ4v) is 3.56. The molecule has 2 fully saturated rings. The Labute approximate surface area is 144 Å². The van der Waals surface area contributed by atoms with Crippen LogP contribution in [0.25, 0.3) is 0 Å². The highest BCUT2D eigenvalue weighted by atomic mass is 19.4. The van der Waals surface area contributed by atoms with Gasteiger partial charge in [0, 0.05) is 32.0 Å². The lowest BCUT2D eigenvalue weighted by Gasteiger charge is -2.31. The normalized spacial score (nSPS) is 24.1. The second-order valence-electron chi connectivity index (χ2n) is 6.78. The van der Waals surface area contributed by atoms with Crippen LogP contribution in [-0.2, 0) is 15.8 Å². The lowest BCUT2D eigenvalue weighted by Crippen LogP contribution is -2.43. The highest BCUT2D eigenvalue weighted by Crippen LogP contribution is 2.49. The summed E-state index contributed by atoms with van der Waals surface area (Å²) in [6.45, 7) is 1.13. The molecule has 2 aliphatic rings. The summed E-state index contributed by atoms with van der Waals surface area (Å²) < 4.78 is 37.8. The van der Waals surface area contributed by atoms with Crippen LogP contribution in [0.5, 0.6) is 0 Å². The third-order valence-electron chi connectivity index (χ3n) is 5.20. The smallest absolute Gasteiger partial charge is 0.359 e. The Kier molecular flexibility index (Phi) is 4.75. The molecule has 0 bridgehead atoms. The van der Waals surface area contributed by atoms with E-state index in [1.807, 2.05) is 0 Å². The van der Waals surface area contributed by atoms with Gasteiger partial charge in [0.1, 0.15) is 0 Å². The van der Waals surface area contributed by atoms with E-state index in [0.29, 0.717) is 32.4 Å². The predicted octanol–water partition coefficient (Wildman–Crippen LogP) is 2.79. The number of piperidine rings is 1. The fourth-order valence-electron chi connectivity index (χ4n) is 3.56. The minimum absolute atomic E-state index is 0.00597. The third-order valence-corrected chi connectivity index (χ3v) is 5.20. The standard InChI is InChI=1S/C18H21F3N2O2/c1-22-16(24)12-6-8-23(9-7-12)17(25)15-10-14(15)11-2-4-13(5-3-11)18(19,20)21/h2-5,12,14-15H,6-10H2,1H3,(H,22,24). The topological polar surface area (TPSA) is 49.4 Å². The van der Waals surface area contributed by atoms with Gasteiger partial charge in [-0.15, -0.1) is 0 Å². The van der Waals surface area contributed by atoms with Crippen molar-refractivity contribution in [3.05, 3.63) is 35.4 Å². The van der Waals surface area contributed by atoms with Crippen LogP contribution in [-0.4, -0.2) is 36.9 Å². The van der Waals surface area contributed by atoms with E-state index < -0.39 is 11.7 Å². The zero-order valence-corrected chi connectivity index (χ0v) is 14.0. The lowest BCUT2D eigenvalue weighted by atomic mass is 9.95. The quantitative estimate of drug-likeness (QED) is 0.907. The van der Waals surface area contributed by atoms with Gasteiger partial charge in [-0.2, -0.15) is 13.2 Å². The fraction of sp³-hybridized carbons (Fsp3) is 0.556. The van der Waals surface area contributed by atoms with Gasteiger partial charge in [0.25, 0.3) is 0 Å². The molecule has 1 N–H and O–H groups in total. The molecule has 1 aliphatic carbocycles. The second-order valence-corrected chi connectivity index (χ2v) is 6.78. The lowest BCUT2D eigenvalue weighted by molar-refractivity contribution is -0.137. The molecular weight excluding hydrogens is 333 g/mol. The van der Waals surface area contributed by atoms with Gasteiger partial charge in [-0.1, -0.05) is 12.1 Å². The number of nitrogens with one attached hydrogen (secondary N) is 1. The Morgan fingerprint density at radius 2 is 1.72 bits per heavy atom. The molecule has 2 atom stereocenters. The van der Waals surface area contributed by atoms with Crippen molar-refractivity contribution in [2.75, 3.05) is 20.1 Å². The molecule has 0 aromatic heterocycles.